The second-order valence-electron chi connectivity index (χ2n) is 3.44. The highest BCUT2D eigenvalue weighted by molar-refractivity contribution is 5.87. The number of hydrogen-bond acceptors (Lipinski definition) is 4. The summed E-state index contributed by atoms with van der Waals surface area (Å²) in [5, 5.41) is 8.05. The molecule has 2 rings (SSSR count). The Kier molecular flexibility index (Phi) is 3.25. The van der Waals surface area contributed by atoms with Gasteiger partial charge in [-0.1, -0.05) is 24.3 Å². The van der Waals surface area contributed by atoms with Crippen molar-refractivity contribution in [3.05, 3.63) is 54.1 Å². The molecule has 0 bridgehead atoms. The molecule has 2 aromatic rings. The molecule has 0 aromatic heterocycles. The van der Waals surface area contributed by atoms with E-state index in [0.717, 1.165) is 6.29 Å². The number of benzene rings is 2. The number of carbonyl (C=O) groups excluding carboxylic acids is 1. The van der Waals surface area contributed by atoms with Crippen LogP contribution >= 0.6 is 0 Å². The summed E-state index contributed by atoms with van der Waals surface area (Å²) in [4.78, 5) is 10.8. The van der Waals surface area contributed by atoms with E-state index in [0.29, 0.717) is 22.6 Å². The van der Waals surface area contributed by atoms with E-state index in [-0.39, 0.29) is 0 Å². The molecule has 0 saturated heterocycles. The Bertz CT molecular complexity index is 550. The van der Waals surface area contributed by atoms with E-state index in [9.17, 15) is 4.79 Å². The minimum atomic E-state index is 0.409. The van der Waals surface area contributed by atoms with Gasteiger partial charge in [0.05, 0.1) is 11.4 Å². The van der Waals surface area contributed by atoms with Crippen molar-refractivity contribution in [1.29, 1.82) is 0 Å². The number of carbonyl (C=O) groups is 1. The Morgan fingerprint density at radius 3 is 2.41 bits per heavy atom. The van der Waals surface area contributed by atoms with Crippen LogP contribution in [0.2, 0.25) is 0 Å². The topological polar surface area (TPSA) is 67.8 Å². The molecule has 0 spiro atoms. The number of azo groups is 1. The predicted octanol–water partition coefficient (Wildman–Crippen LogP) is 3.50. The SMILES string of the molecule is Nc1cccc(C=O)c1N=Nc1ccccc1. The predicted molar refractivity (Wildman–Crippen MR) is 66.9 cm³/mol. The van der Waals surface area contributed by atoms with Gasteiger partial charge in [0, 0.05) is 5.56 Å². The number of aldehydes is 1. The van der Waals surface area contributed by atoms with Crippen LogP contribution in [-0.2, 0) is 0 Å². The second-order valence-corrected chi connectivity index (χ2v) is 3.44. The summed E-state index contributed by atoms with van der Waals surface area (Å²) >= 11 is 0. The van der Waals surface area contributed by atoms with Gasteiger partial charge < -0.3 is 5.73 Å². The summed E-state index contributed by atoms with van der Waals surface area (Å²) in [6.45, 7) is 0. The summed E-state index contributed by atoms with van der Waals surface area (Å²) in [5.41, 5.74) is 7.75. The molecule has 0 heterocycles. The molecule has 0 radical (unpaired) electrons. The maximum Gasteiger partial charge on any atom is 0.152 e. The van der Waals surface area contributed by atoms with Crippen LogP contribution in [0.4, 0.5) is 17.1 Å². The zero-order valence-corrected chi connectivity index (χ0v) is 9.08. The van der Waals surface area contributed by atoms with Crippen LogP contribution in [0.5, 0.6) is 0 Å². The molecule has 2 N–H and O–H groups in total. The molecule has 0 aliphatic heterocycles. The first-order valence-electron chi connectivity index (χ1n) is 5.11. The number of nitrogen functional groups attached to an aromatic ring is 1. The maximum atomic E-state index is 10.8. The van der Waals surface area contributed by atoms with Gasteiger partial charge in [0.15, 0.2) is 6.29 Å². The first kappa shape index (κ1) is 11.0. The molecule has 0 amide bonds. The first-order valence-corrected chi connectivity index (χ1v) is 5.11. The van der Waals surface area contributed by atoms with Gasteiger partial charge in [0.2, 0.25) is 0 Å². The average Bonchev–Trinajstić information content (AvgIpc) is 2.38. The van der Waals surface area contributed by atoms with Gasteiger partial charge in [-0.15, -0.1) is 5.11 Å². The Balaban J connectivity index is 2.36. The Labute approximate surface area is 98.8 Å². The minimum absolute atomic E-state index is 0.409. The Morgan fingerprint density at radius 1 is 0.941 bits per heavy atom. The molecule has 0 atom stereocenters. The molecule has 0 aliphatic carbocycles. The van der Waals surface area contributed by atoms with Crippen molar-refractivity contribution >= 4 is 23.3 Å². The summed E-state index contributed by atoms with van der Waals surface area (Å²) in [7, 11) is 0. The highest BCUT2D eigenvalue weighted by Gasteiger charge is 2.03. The summed E-state index contributed by atoms with van der Waals surface area (Å²) in [6.07, 6.45) is 0.718. The first-order chi connectivity index (χ1) is 8.31. The van der Waals surface area contributed by atoms with Gasteiger partial charge in [0.1, 0.15) is 5.69 Å². The monoisotopic (exact) mass is 225 g/mol. The lowest BCUT2D eigenvalue weighted by Gasteiger charge is -2.01. The fourth-order valence-corrected chi connectivity index (χ4v) is 1.39. The molecular formula is C13H11N3O. The van der Waals surface area contributed by atoms with Gasteiger partial charge >= 0.3 is 0 Å². The Morgan fingerprint density at radius 2 is 1.71 bits per heavy atom. The van der Waals surface area contributed by atoms with Crippen molar-refractivity contribution in [1.82, 2.24) is 0 Å². The number of nitrogens with zero attached hydrogens (tertiary/aromatic N) is 2. The smallest absolute Gasteiger partial charge is 0.152 e. The molecule has 4 nitrogen and oxygen atoms in total. The molecule has 0 fully saturated rings. The highest BCUT2D eigenvalue weighted by atomic mass is 16.1. The molecule has 2 aromatic carbocycles. The van der Waals surface area contributed by atoms with Crippen LogP contribution in [-0.4, -0.2) is 6.29 Å². The zero-order chi connectivity index (χ0) is 12.1. The zero-order valence-electron chi connectivity index (χ0n) is 9.08. The fraction of sp³-hybridized carbons (Fsp3) is 0. The highest BCUT2D eigenvalue weighted by Crippen LogP contribution is 2.27. The normalized spacial score (nSPS) is 10.6. The quantitative estimate of drug-likeness (QED) is 0.493. The molecule has 4 heteroatoms. The molecule has 17 heavy (non-hydrogen) atoms. The largest absolute Gasteiger partial charge is 0.397 e. The van der Waals surface area contributed by atoms with E-state index >= 15 is 0 Å². The molecular weight excluding hydrogens is 214 g/mol. The molecule has 0 aliphatic rings. The van der Waals surface area contributed by atoms with Gasteiger partial charge in [-0.2, -0.15) is 5.11 Å². The molecule has 0 unspecified atom stereocenters. The number of nitrogens with two attached hydrogens (primary N) is 1. The van der Waals surface area contributed by atoms with Crippen LogP contribution in [0.25, 0.3) is 0 Å². The lowest BCUT2D eigenvalue weighted by atomic mass is 10.2. The van der Waals surface area contributed by atoms with E-state index in [4.69, 9.17) is 5.73 Å². The molecule has 84 valence electrons. The van der Waals surface area contributed by atoms with Crippen molar-refractivity contribution in [2.24, 2.45) is 10.2 Å². The van der Waals surface area contributed by atoms with Crippen molar-refractivity contribution in [2.75, 3.05) is 5.73 Å². The summed E-state index contributed by atoms with van der Waals surface area (Å²) in [6, 6.07) is 14.3. The van der Waals surface area contributed by atoms with Crippen LogP contribution in [0.15, 0.2) is 58.8 Å². The van der Waals surface area contributed by atoms with Crippen LogP contribution in [0.1, 0.15) is 10.4 Å². The number of hydrogen-bond donors (Lipinski definition) is 1. The van der Waals surface area contributed by atoms with Crippen LogP contribution in [0, 0.1) is 0 Å². The van der Waals surface area contributed by atoms with Gasteiger partial charge in [-0.05, 0) is 24.3 Å². The fourth-order valence-electron chi connectivity index (χ4n) is 1.39. The lowest BCUT2D eigenvalue weighted by Crippen LogP contribution is -1.89. The number of rotatable bonds is 3. The van der Waals surface area contributed by atoms with E-state index < -0.39 is 0 Å². The van der Waals surface area contributed by atoms with E-state index in [2.05, 4.69) is 10.2 Å². The summed E-state index contributed by atoms with van der Waals surface area (Å²) < 4.78 is 0. The maximum absolute atomic E-state index is 10.8. The second kappa shape index (κ2) is 5.03. The lowest BCUT2D eigenvalue weighted by molar-refractivity contribution is 0.112. The average molecular weight is 225 g/mol. The van der Waals surface area contributed by atoms with Crippen molar-refractivity contribution in [2.45, 2.75) is 0 Å². The van der Waals surface area contributed by atoms with E-state index in [1.807, 2.05) is 30.3 Å². The van der Waals surface area contributed by atoms with Crippen molar-refractivity contribution in [3.63, 3.8) is 0 Å². The number of anilines is 1. The van der Waals surface area contributed by atoms with Crippen molar-refractivity contribution in [3.8, 4) is 0 Å². The van der Waals surface area contributed by atoms with Crippen molar-refractivity contribution < 1.29 is 4.79 Å². The van der Waals surface area contributed by atoms with Crippen LogP contribution in [0.3, 0.4) is 0 Å². The third kappa shape index (κ3) is 2.55. The third-order valence-electron chi connectivity index (χ3n) is 2.25. The van der Waals surface area contributed by atoms with E-state index in [1.54, 1.807) is 18.2 Å². The summed E-state index contributed by atoms with van der Waals surface area (Å²) in [5.74, 6) is 0. The van der Waals surface area contributed by atoms with Gasteiger partial charge in [0.25, 0.3) is 0 Å². The minimum Gasteiger partial charge on any atom is -0.397 e. The van der Waals surface area contributed by atoms with Gasteiger partial charge in [-0.25, -0.2) is 0 Å². The van der Waals surface area contributed by atoms with E-state index in [1.165, 1.54) is 0 Å². The standard InChI is InChI=1S/C13H11N3O/c14-12-8-4-5-10(9-17)13(12)16-15-11-6-2-1-3-7-11/h1-9H,14H2. The molecule has 0 saturated carbocycles. The van der Waals surface area contributed by atoms with Gasteiger partial charge in [-0.3, -0.25) is 4.79 Å². The van der Waals surface area contributed by atoms with Crippen LogP contribution < -0.4 is 5.73 Å². The third-order valence-corrected chi connectivity index (χ3v) is 2.25. The Hall–Kier alpha value is -2.49.